The zero-order chi connectivity index (χ0) is 21.5. The summed E-state index contributed by atoms with van der Waals surface area (Å²) in [4.78, 5) is 31.8. The van der Waals surface area contributed by atoms with E-state index in [2.05, 4.69) is 34.0 Å². The number of benzene rings is 1. The fourth-order valence-corrected chi connectivity index (χ4v) is 4.38. The van der Waals surface area contributed by atoms with Crippen molar-refractivity contribution in [2.75, 3.05) is 46.3 Å². The molecular formula is C21H31ClN6O2. The molecule has 3 amide bonds. The topological polar surface area (TPSA) is 89.1 Å². The number of halogens is 1. The highest BCUT2D eigenvalue weighted by molar-refractivity contribution is 6.30. The van der Waals surface area contributed by atoms with E-state index in [1.807, 2.05) is 25.1 Å². The highest BCUT2D eigenvalue weighted by Crippen LogP contribution is 2.36. The lowest BCUT2D eigenvalue weighted by molar-refractivity contribution is -0.124. The molecule has 30 heavy (non-hydrogen) atoms. The van der Waals surface area contributed by atoms with Crippen molar-refractivity contribution in [3.8, 4) is 0 Å². The minimum atomic E-state index is -0.335. The minimum Gasteiger partial charge on any atom is -0.357 e. The smallest absolute Gasteiger partial charge is 0.324 e. The quantitative estimate of drug-likeness (QED) is 0.346. The fourth-order valence-electron chi connectivity index (χ4n) is 4.19. The van der Waals surface area contributed by atoms with Gasteiger partial charge in [-0.05, 0) is 57.0 Å². The fraction of sp³-hybridized carbons (Fsp3) is 0.571. The second kappa shape index (κ2) is 10.6. The predicted octanol–water partition coefficient (Wildman–Crippen LogP) is 1.83. The van der Waals surface area contributed by atoms with Gasteiger partial charge >= 0.3 is 6.03 Å². The molecule has 2 aliphatic heterocycles. The molecule has 0 spiro atoms. The number of likely N-dealkylation sites (tertiary alicyclic amines) is 1. The molecule has 2 saturated heterocycles. The molecule has 2 fully saturated rings. The first-order valence-electron chi connectivity index (χ1n) is 10.6. The average Bonchev–Trinajstić information content (AvgIpc) is 3.04. The Morgan fingerprint density at radius 2 is 2.17 bits per heavy atom. The first kappa shape index (κ1) is 22.4. The highest BCUT2D eigenvalue weighted by Gasteiger charge is 2.31. The van der Waals surface area contributed by atoms with Gasteiger partial charge in [0.15, 0.2) is 5.96 Å². The number of aliphatic imine (C=N–C) groups is 1. The number of hydrogen-bond acceptors (Lipinski definition) is 4. The van der Waals surface area contributed by atoms with Gasteiger partial charge < -0.3 is 16.0 Å². The van der Waals surface area contributed by atoms with Crippen LogP contribution in [0.3, 0.4) is 0 Å². The van der Waals surface area contributed by atoms with Gasteiger partial charge in [-0.2, -0.15) is 0 Å². The van der Waals surface area contributed by atoms with Gasteiger partial charge in [-0.15, -0.1) is 0 Å². The Kier molecular flexibility index (Phi) is 7.93. The lowest BCUT2D eigenvalue weighted by atomic mass is 9.85. The van der Waals surface area contributed by atoms with Crippen LogP contribution in [-0.4, -0.2) is 74.0 Å². The summed E-state index contributed by atoms with van der Waals surface area (Å²) in [5, 5.41) is 9.76. The van der Waals surface area contributed by atoms with Crippen LogP contribution in [0.5, 0.6) is 0 Å². The standard InChI is InChI=1S/C21H31ClN6O2/c1-3-23-20(24-9-11-28-18(29)14-26-21(28)30)25-13-16-7-5-10-27(2)19(16)15-6-4-8-17(22)12-15/h4,6,8,12,16,19H,3,5,7,9-11,13-14H2,1-2H3,(H,26,30)(H2,23,24,25). The molecule has 164 valence electrons. The molecule has 2 aliphatic rings. The van der Waals surface area contributed by atoms with Crippen molar-refractivity contribution in [3.05, 3.63) is 34.9 Å². The SMILES string of the molecule is CCNC(=NCC1CCCN(C)C1c1cccc(Cl)c1)NCCN1C(=O)CNC1=O. The van der Waals surface area contributed by atoms with Crippen molar-refractivity contribution in [2.24, 2.45) is 10.9 Å². The van der Waals surface area contributed by atoms with Gasteiger partial charge in [-0.1, -0.05) is 23.7 Å². The molecule has 9 heteroatoms. The molecule has 0 aromatic heterocycles. The zero-order valence-electron chi connectivity index (χ0n) is 17.7. The average molecular weight is 435 g/mol. The second-order valence-corrected chi connectivity index (χ2v) is 8.17. The Morgan fingerprint density at radius 1 is 1.33 bits per heavy atom. The molecule has 1 aromatic rings. The van der Waals surface area contributed by atoms with E-state index in [1.165, 1.54) is 10.5 Å². The van der Waals surface area contributed by atoms with E-state index in [1.54, 1.807) is 0 Å². The van der Waals surface area contributed by atoms with E-state index in [0.29, 0.717) is 31.5 Å². The maximum Gasteiger partial charge on any atom is 0.324 e. The third-order valence-electron chi connectivity index (χ3n) is 5.59. The first-order valence-corrected chi connectivity index (χ1v) is 10.9. The normalized spacial score (nSPS) is 22.9. The summed E-state index contributed by atoms with van der Waals surface area (Å²) < 4.78 is 0. The number of urea groups is 1. The van der Waals surface area contributed by atoms with Gasteiger partial charge in [-0.3, -0.25) is 19.6 Å². The summed E-state index contributed by atoms with van der Waals surface area (Å²) >= 11 is 6.24. The molecule has 0 saturated carbocycles. The summed E-state index contributed by atoms with van der Waals surface area (Å²) in [6, 6.07) is 8.03. The van der Waals surface area contributed by atoms with Gasteiger partial charge in [0.2, 0.25) is 5.91 Å². The molecule has 0 radical (unpaired) electrons. The second-order valence-electron chi connectivity index (χ2n) is 7.73. The van der Waals surface area contributed by atoms with Gasteiger partial charge in [0, 0.05) is 37.2 Å². The molecule has 1 aromatic carbocycles. The van der Waals surface area contributed by atoms with Gasteiger partial charge in [0.05, 0.1) is 6.54 Å². The predicted molar refractivity (Wildman–Crippen MR) is 119 cm³/mol. The number of amides is 3. The third kappa shape index (κ3) is 5.64. The molecule has 2 heterocycles. The molecular weight excluding hydrogens is 404 g/mol. The molecule has 2 atom stereocenters. The van der Waals surface area contributed by atoms with E-state index in [-0.39, 0.29) is 24.5 Å². The lowest BCUT2D eigenvalue weighted by Gasteiger charge is -2.39. The maximum atomic E-state index is 11.7. The largest absolute Gasteiger partial charge is 0.357 e. The van der Waals surface area contributed by atoms with E-state index < -0.39 is 0 Å². The third-order valence-corrected chi connectivity index (χ3v) is 5.83. The Hall–Kier alpha value is -2.32. The number of carbonyl (C=O) groups is 2. The van der Waals surface area contributed by atoms with Crippen LogP contribution in [0.15, 0.2) is 29.3 Å². The van der Waals surface area contributed by atoms with E-state index >= 15 is 0 Å². The Bertz CT molecular complexity index is 771. The summed E-state index contributed by atoms with van der Waals surface area (Å²) in [6.45, 7) is 5.32. The van der Waals surface area contributed by atoms with Crippen LogP contribution in [0.2, 0.25) is 5.02 Å². The van der Waals surface area contributed by atoms with Crippen LogP contribution < -0.4 is 16.0 Å². The van der Waals surface area contributed by atoms with E-state index in [4.69, 9.17) is 16.6 Å². The number of imide groups is 1. The number of nitrogens with zero attached hydrogens (tertiary/aromatic N) is 3. The van der Waals surface area contributed by atoms with Crippen molar-refractivity contribution >= 4 is 29.5 Å². The van der Waals surface area contributed by atoms with Gasteiger partial charge in [0.1, 0.15) is 0 Å². The van der Waals surface area contributed by atoms with Crippen molar-refractivity contribution in [1.82, 2.24) is 25.8 Å². The van der Waals surface area contributed by atoms with E-state index in [0.717, 1.165) is 31.0 Å². The first-order chi connectivity index (χ1) is 14.5. The van der Waals surface area contributed by atoms with Crippen LogP contribution in [0.1, 0.15) is 31.4 Å². The number of piperidine rings is 1. The van der Waals surface area contributed by atoms with Crippen LogP contribution in [0, 0.1) is 5.92 Å². The summed E-state index contributed by atoms with van der Waals surface area (Å²) in [6.07, 6.45) is 2.25. The van der Waals surface area contributed by atoms with E-state index in [9.17, 15) is 9.59 Å². The van der Waals surface area contributed by atoms with Crippen LogP contribution >= 0.6 is 11.6 Å². The van der Waals surface area contributed by atoms with Crippen LogP contribution in [0.4, 0.5) is 4.79 Å². The van der Waals surface area contributed by atoms with Gasteiger partial charge in [0.25, 0.3) is 0 Å². The van der Waals surface area contributed by atoms with Crippen LogP contribution in [0.25, 0.3) is 0 Å². The highest BCUT2D eigenvalue weighted by atomic mass is 35.5. The Balaban J connectivity index is 1.63. The number of rotatable bonds is 7. The monoisotopic (exact) mass is 434 g/mol. The maximum absolute atomic E-state index is 11.7. The van der Waals surface area contributed by atoms with Crippen molar-refractivity contribution in [3.63, 3.8) is 0 Å². The van der Waals surface area contributed by atoms with Crippen LogP contribution in [-0.2, 0) is 4.79 Å². The summed E-state index contributed by atoms with van der Waals surface area (Å²) in [5.41, 5.74) is 1.22. The number of nitrogens with one attached hydrogen (secondary N) is 3. The zero-order valence-corrected chi connectivity index (χ0v) is 18.4. The molecule has 0 aliphatic carbocycles. The molecule has 8 nitrogen and oxygen atoms in total. The Morgan fingerprint density at radius 3 is 2.87 bits per heavy atom. The van der Waals surface area contributed by atoms with Crippen molar-refractivity contribution < 1.29 is 9.59 Å². The number of hydrogen-bond donors (Lipinski definition) is 3. The summed E-state index contributed by atoms with van der Waals surface area (Å²) in [7, 11) is 2.16. The number of carbonyl (C=O) groups excluding carboxylic acids is 2. The van der Waals surface area contributed by atoms with Crippen molar-refractivity contribution in [1.29, 1.82) is 0 Å². The molecule has 3 rings (SSSR count). The number of guanidine groups is 1. The molecule has 0 bridgehead atoms. The van der Waals surface area contributed by atoms with Gasteiger partial charge in [-0.25, -0.2) is 4.79 Å². The summed E-state index contributed by atoms with van der Waals surface area (Å²) in [5.74, 6) is 0.879. The van der Waals surface area contributed by atoms with Crippen molar-refractivity contribution in [2.45, 2.75) is 25.8 Å². The molecule has 3 N–H and O–H groups in total. The molecule has 2 unspecified atom stereocenters. The Labute approximate surface area is 183 Å². The lowest BCUT2D eigenvalue weighted by Crippen LogP contribution is -2.44. The minimum absolute atomic E-state index is 0.0765.